The summed E-state index contributed by atoms with van der Waals surface area (Å²) in [6, 6.07) is 11.1. The molecule has 2 rings (SSSR count). The van der Waals surface area contributed by atoms with Crippen molar-refractivity contribution in [2.24, 2.45) is 0 Å². The number of nitrogens with one attached hydrogen (secondary N) is 2. The number of aliphatic hydroxyl groups is 1. The number of carbonyl (C=O) groups excluding carboxylic acids is 3. The molecule has 37 heavy (non-hydrogen) atoms. The van der Waals surface area contributed by atoms with E-state index in [0.29, 0.717) is 17.0 Å². The van der Waals surface area contributed by atoms with Crippen LogP contribution in [0.2, 0.25) is 0 Å². The van der Waals surface area contributed by atoms with Crippen molar-refractivity contribution >= 4 is 35.4 Å². The smallest absolute Gasteiger partial charge is 0.408 e. The number of phenols is 1. The lowest BCUT2D eigenvalue weighted by Crippen LogP contribution is -2.53. The molecule has 0 radical (unpaired) electrons. The van der Waals surface area contributed by atoms with Gasteiger partial charge in [-0.25, -0.2) is 4.79 Å². The Labute approximate surface area is 222 Å². The maximum Gasteiger partial charge on any atom is 0.408 e. The van der Waals surface area contributed by atoms with Gasteiger partial charge in [-0.05, 0) is 75.5 Å². The van der Waals surface area contributed by atoms with Gasteiger partial charge < -0.3 is 30.5 Å². The molecule has 0 heterocycles. The van der Waals surface area contributed by atoms with Crippen LogP contribution in [0.1, 0.15) is 44.4 Å². The van der Waals surface area contributed by atoms with E-state index in [1.54, 1.807) is 45.0 Å². The van der Waals surface area contributed by atoms with Crippen LogP contribution in [0, 0.1) is 6.92 Å². The monoisotopic (exact) mass is 531 g/mol. The molecular weight excluding hydrogens is 494 g/mol. The highest BCUT2D eigenvalue weighted by molar-refractivity contribution is 7.98. The van der Waals surface area contributed by atoms with Gasteiger partial charge in [-0.1, -0.05) is 30.3 Å². The van der Waals surface area contributed by atoms with E-state index in [9.17, 15) is 24.6 Å². The van der Waals surface area contributed by atoms with Gasteiger partial charge in [0.2, 0.25) is 5.91 Å². The summed E-state index contributed by atoms with van der Waals surface area (Å²) in [4.78, 5) is 41.3. The molecular formula is C27H37N3O6S. The third kappa shape index (κ3) is 9.29. The van der Waals surface area contributed by atoms with Crippen molar-refractivity contribution in [2.45, 2.75) is 51.8 Å². The summed E-state index contributed by atoms with van der Waals surface area (Å²) >= 11 is 1.50. The summed E-state index contributed by atoms with van der Waals surface area (Å²) in [5.74, 6) is -0.594. The van der Waals surface area contributed by atoms with Crippen molar-refractivity contribution in [3.05, 3.63) is 59.7 Å². The van der Waals surface area contributed by atoms with Gasteiger partial charge in [-0.2, -0.15) is 11.8 Å². The van der Waals surface area contributed by atoms with Crippen molar-refractivity contribution in [1.82, 2.24) is 10.2 Å². The number of rotatable bonds is 11. The van der Waals surface area contributed by atoms with Gasteiger partial charge in [0.05, 0.1) is 6.61 Å². The molecule has 0 saturated heterocycles. The second kappa shape index (κ2) is 13.9. The Morgan fingerprint density at radius 1 is 1.11 bits per heavy atom. The summed E-state index contributed by atoms with van der Waals surface area (Å²) in [6.07, 6.45) is 1.41. The number of phenolic OH excluding ortho intramolecular Hbond substituents is 1. The number of aryl methyl sites for hydroxylation is 1. The molecule has 3 amide bonds. The standard InChI is InChI=1S/C27H37N3O6S/c1-18-9-6-7-12-21(18)28-24(33)23(19-10-8-11-20(32)17-19)30(14-15-31)25(34)22(13-16-37-5)29-26(35)36-27(2,3)4/h6-12,17,22-23,31-32H,13-16H2,1-5H3,(H,28,33)(H,29,35). The molecule has 2 aromatic rings. The van der Waals surface area contributed by atoms with Gasteiger partial charge in [-0.15, -0.1) is 0 Å². The van der Waals surface area contributed by atoms with E-state index in [2.05, 4.69) is 10.6 Å². The quantitative estimate of drug-likeness (QED) is 0.347. The Morgan fingerprint density at radius 2 is 1.81 bits per heavy atom. The average molecular weight is 532 g/mol. The van der Waals surface area contributed by atoms with Crippen LogP contribution < -0.4 is 10.6 Å². The van der Waals surface area contributed by atoms with Crippen LogP contribution in [0.15, 0.2) is 48.5 Å². The number of hydrogen-bond donors (Lipinski definition) is 4. The van der Waals surface area contributed by atoms with Crippen molar-refractivity contribution in [3.63, 3.8) is 0 Å². The number of benzene rings is 2. The van der Waals surface area contributed by atoms with E-state index < -0.39 is 42.2 Å². The summed E-state index contributed by atoms with van der Waals surface area (Å²) in [6.45, 7) is 6.41. The highest BCUT2D eigenvalue weighted by atomic mass is 32.2. The molecule has 2 unspecified atom stereocenters. The maximum absolute atomic E-state index is 13.9. The first kappa shape index (κ1) is 30.0. The number of hydrogen-bond acceptors (Lipinski definition) is 7. The van der Waals surface area contributed by atoms with Gasteiger partial charge in [0, 0.05) is 12.2 Å². The van der Waals surface area contributed by atoms with E-state index in [0.717, 1.165) is 5.56 Å². The van der Waals surface area contributed by atoms with Gasteiger partial charge in [0.15, 0.2) is 0 Å². The normalized spacial score (nSPS) is 12.8. The molecule has 4 N–H and O–H groups in total. The number of carbonyl (C=O) groups is 3. The highest BCUT2D eigenvalue weighted by Crippen LogP contribution is 2.28. The zero-order chi connectivity index (χ0) is 27.6. The number of alkyl carbamates (subject to hydrolysis) is 1. The van der Waals surface area contributed by atoms with E-state index in [-0.39, 0.29) is 18.7 Å². The Bertz CT molecular complexity index is 1070. The van der Waals surface area contributed by atoms with Gasteiger partial charge in [0.1, 0.15) is 23.4 Å². The van der Waals surface area contributed by atoms with Gasteiger partial charge in [0.25, 0.3) is 5.91 Å². The lowest BCUT2D eigenvalue weighted by molar-refractivity contribution is -0.141. The van der Waals surface area contributed by atoms with Crippen molar-refractivity contribution in [3.8, 4) is 5.75 Å². The number of aliphatic hydroxyl groups excluding tert-OH is 1. The number of anilines is 1. The summed E-state index contributed by atoms with van der Waals surface area (Å²) in [5, 5.41) is 25.5. The van der Waals surface area contributed by atoms with Crippen LogP contribution in [0.4, 0.5) is 10.5 Å². The Kier molecular flexibility index (Phi) is 11.3. The predicted octanol–water partition coefficient (Wildman–Crippen LogP) is 3.85. The van der Waals surface area contributed by atoms with Crippen LogP contribution in [0.3, 0.4) is 0 Å². The fourth-order valence-corrected chi connectivity index (χ4v) is 4.17. The second-order valence-electron chi connectivity index (χ2n) is 9.54. The number of thioether (sulfide) groups is 1. The molecule has 2 aromatic carbocycles. The van der Waals surface area contributed by atoms with Gasteiger partial charge in [-0.3, -0.25) is 9.59 Å². The maximum atomic E-state index is 13.9. The Hall–Kier alpha value is -3.24. The van der Waals surface area contributed by atoms with Crippen LogP contribution in [-0.2, 0) is 14.3 Å². The van der Waals surface area contributed by atoms with E-state index in [4.69, 9.17) is 4.74 Å². The molecule has 0 spiro atoms. The fourth-order valence-electron chi connectivity index (χ4n) is 3.70. The molecule has 0 aliphatic carbocycles. The molecule has 0 fully saturated rings. The predicted molar refractivity (Wildman–Crippen MR) is 146 cm³/mol. The minimum atomic E-state index is -1.19. The summed E-state index contributed by atoms with van der Waals surface area (Å²) < 4.78 is 5.35. The van der Waals surface area contributed by atoms with Crippen LogP contribution in [0.5, 0.6) is 5.75 Å². The number of ether oxygens (including phenoxy) is 1. The Balaban J connectivity index is 2.48. The number of nitrogens with zero attached hydrogens (tertiary/aromatic N) is 1. The minimum absolute atomic E-state index is 0.0756. The summed E-state index contributed by atoms with van der Waals surface area (Å²) in [5.41, 5.74) is 0.989. The minimum Gasteiger partial charge on any atom is -0.508 e. The SMILES string of the molecule is CSCCC(NC(=O)OC(C)(C)C)C(=O)N(CCO)C(C(=O)Nc1ccccc1C)c1cccc(O)c1. The molecule has 9 nitrogen and oxygen atoms in total. The van der Waals surface area contributed by atoms with Crippen LogP contribution in [-0.4, -0.2) is 69.8 Å². The Morgan fingerprint density at radius 3 is 2.41 bits per heavy atom. The third-order valence-electron chi connectivity index (χ3n) is 5.37. The van der Waals surface area contributed by atoms with Crippen molar-refractivity contribution in [1.29, 1.82) is 0 Å². The zero-order valence-corrected chi connectivity index (χ0v) is 22.8. The largest absolute Gasteiger partial charge is 0.508 e. The highest BCUT2D eigenvalue weighted by Gasteiger charge is 2.36. The first-order chi connectivity index (χ1) is 17.5. The molecule has 202 valence electrons. The molecule has 0 saturated carbocycles. The van der Waals surface area contributed by atoms with E-state index >= 15 is 0 Å². The van der Waals surface area contributed by atoms with E-state index in [1.807, 2.05) is 25.3 Å². The molecule has 0 aliphatic rings. The number of para-hydroxylation sites is 1. The molecule has 0 bridgehead atoms. The third-order valence-corrected chi connectivity index (χ3v) is 6.02. The first-order valence-electron chi connectivity index (χ1n) is 12.0. The van der Waals surface area contributed by atoms with Crippen molar-refractivity contribution in [2.75, 3.05) is 30.5 Å². The van der Waals surface area contributed by atoms with Crippen LogP contribution in [0.25, 0.3) is 0 Å². The lowest BCUT2D eigenvalue weighted by Gasteiger charge is -2.34. The summed E-state index contributed by atoms with van der Waals surface area (Å²) in [7, 11) is 0. The number of amides is 3. The fraction of sp³-hybridized carbons (Fsp3) is 0.444. The van der Waals surface area contributed by atoms with Crippen LogP contribution >= 0.6 is 11.8 Å². The average Bonchev–Trinajstić information content (AvgIpc) is 2.81. The topological polar surface area (TPSA) is 128 Å². The van der Waals surface area contributed by atoms with Gasteiger partial charge >= 0.3 is 6.09 Å². The zero-order valence-electron chi connectivity index (χ0n) is 22.0. The lowest BCUT2D eigenvalue weighted by atomic mass is 10.0. The molecule has 2 atom stereocenters. The van der Waals surface area contributed by atoms with E-state index in [1.165, 1.54) is 28.8 Å². The molecule has 0 aromatic heterocycles. The van der Waals surface area contributed by atoms with Crippen molar-refractivity contribution < 1.29 is 29.3 Å². The molecule has 10 heteroatoms. The first-order valence-corrected chi connectivity index (χ1v) is 13.4. The number of aromatic hydroxyl groups is 1. The molecule has 0 aliphatic heterocycles. The second-order valence-corrected chi connectivity index (χ2v) is 10.5.